The summed E-state index contributed by atoms with van der Waals surface area (Å²) in [6.45, 7) is 0. The Labute approximate surface area is 148 Å². The smallest absolute Gasteiger partial charge is 0.276 e. The molecule has 2 heterocycles. The number of hydrazine groups is 1. The first-order chi connectivity index (χ1) is 11.9. The normalized spacial score (nSPS) is 15.6. The molecule has 0 radical (unpaired) electrons. The summed E-state index contributed by atoms with van der Waals surface area (Å²) in [7, 11) is -3.91. The maximum absolute atomic E-state index is 12.4. The zero-order valence-electron chi connectivity index (χ0n) is 13.1. The summed E-state index contributed by atoms with van der Waals surface area (Å²) in [6, 6.07) is 6.18. The van der Waals surface area contributed by atoms with Crippen LogP contribution in [-0.4, -0.2) is 20.2 Å². The molecule has 1 aromatic heterocycles. The largest absolute Gasteiger partial charge is 0.326 e. The Morgan fingerprint density at radius 2 is 2.00 bits per heavy atom. The summed E-state index contributed by atoms with van der Waals surface area (Å²) >= 11 is 1.40. The van der Waals surface area contributed by atoms with Gasteiger partial charge in [0.1, 0.15) is 0 Å². The van der Waals surface area contributed by atoms with E-state index in [1.165, 1.54) is 33.9 Å². The van der Waals surface area contributed by atoms with Gasteiger partial charge in [-0.05, 0) is 54.7 Å². The van der Waals surface area contributed by atoms with Crippen molar-refractivity contribution >= 4 is 38.9 Å². The van der Waals surface area contributed by atoms with Crippen LogP contribution in [0.25, 0.3) is 0 Å². The van der Waals surface area contributed by atoms with Crippen LogP contribution < -0.4 is 15.6 Å². The molecule has 130 valence electrons. The Morgan fingerprint density at radius 3 is 2.80 bits per heavy atom. The van der Waals surface area contributed by atoms with Gasteiger partial charge in [-0.2, -0.15) is 0 Å². The van der Waals surface area contributed by atoms with E-state index in [0.717, 1.165) is 19.3 Å². The van der Waals surface area contributed by atoms with E-state index < -0.39 is 15.9 Å². The molecule has 2 aliphatic rings. The van der Waals surface area contributed by atoms with Gasteiger partial charge in [-0.3, -0.25) is 15.0 Å². The van der Waals surface area contributed by atoms with E-state index in [1.807, 2.05) is 6.07 Å². The molecule has 0 fully saturated rings. The molecule has 0 spiro atoms. The second-order valence-electron chi connectivity index (χ2n) is 6.02. The Morgan fingerprint density at radius 1 is 1.16 bits per heavy atom. The van der Waals surface area contributed by atoms with Gasteiger partial charge >= 0.3 is 0 Å². The van der Waals surface area contributed by atoms with Crippen molar-refractivity contribution in [3.8, 4) is 0 Å². The number of hydrogen-bond acceptors (Lipinski definition) is 5. The van der Waals surface area contributed by atoms with Crippen molar-refractivity contribution in [1.29, 1.82) is 0 Å². The summed E-state index contributed by atoms with van der Waals surface area (Å²) in [4.78, 5) is 27.3. The van der Waals surface area contributed by atoms with Crippen molar-refractivity contribution in [2.24, 2.45) is 0 Å². The lowest BCUT2D eigenvalue weighted by molar-refractivity contribution is -0.115. The van der Waals surface area contributed by atoms with Gasteiger partial charge in [-0.25, -0.2) is 8.42 Å². The van der Waals surface area contributed by atoms with Gasteiger partial charge in [-0.15, -0.1) is 16.2 Å². The summed E-state index contributed by atoms with van der Waals surface area (Å²) in [5, 5.41) is 2.64. The zero-order chi connectivity index (χ0) is 17.6. The molecule has 2 amide bonds. The summed E-state index contributed by atoms with van der Waals surface area (Å²) in [6.07, 6.45) is 3.19. The lowest BCUT2D eigenvalue weighted by Crippen LogP contribution is -2.41. The van der Waals surface area contributed by atoms with Gasteiger partial charge in [-0.1, -0.05) is 0 Å². The summed E-state index contributed by atoms with van der Waals surface area (Å²) in [5.41, 5.74) is 4.66. The van der Waals surface area contributed by atoms with E-state index in [9.17, 15) is 18.0 Å². The molecule has 2 aromatic rings. The maximum Gasteiger partial charge on any atom is 0.276 e. The Balaban J connectivity index is 1.47. The maximum atomic E-state index is 12.4. The molecule has 1 aliphatic heterocycles. The summed E-state index contributed by atoms with van der Waals surface area (Å²) < 4.78 is 24.7. The molecule has 0 saturated carbocycles. The lowest BCUT2D eigenvalue weighted by Gasteiger charge is -2.09. The van der Waals surface area contributed by atoms with Crippen molar-refractivity contribution < 1.29 is 18.0 Å². The van der Waals surface area contributed by atoms with Gasteiger partial charge in [0.2, 0.25) is 5.91 Å². The minimum Gasteiger partial charge on any atom is -0.326 e. The SMILES string of the molecule is O=C1Cc2cc(S(=O)(=O)NNC(=O)c3cc4c(s3)CCC4)ccc2N1. The Hall–Kier alpha value is -2.23. The third kappa shape index (κ3) is 3.06. The third-order valence-electron chi connectivity index (χ3n) is 4.28. The van der Waals surface area contributed by atoms with Crippen LogP contribution in [0, 0.1) is 0 Å². The van der Waals surface area contributed by atoms with E-state index in [4.69, 9.17) is 0 Å². The minimum absolute atomic E-state index is 0.00303. The van der Waals surface area contributed by atoms with E-state index in [2.05, 4.69) is 15.6 Å². The molecule has 25 heavy (non-hydrogen) atoms. The Bertz CT molecular complexity index is 973. The van der Waals surface area contributed by atoms with Crippen LogP contribution in [0.5, 0.6) is 0 Å². The second kappa shape index (κ2) is 5.94. The topological polar surface area (TPSA) is 104 Å². The van der Waals surface area contributed by atoms with Crippen molar-refractivity contribution in [2.75, 3.05) is 5.32 Å². The van der Waals surface area contributed by atoms with Crippen LogP contribution in [0.1, 0.15) is 32.1 Å². The lowest BCUT2D eigenvalue weighted by atomic mass is 10.2. The highest BCUT2D eigenvalue weighted by Gasteiger charge is 2.23. The molecule has 9 heteroatoms. The fourth-order valence-electron chi connectivity index (χ4n) is 3.05. The van der Waals surface area contributed by atoms with Crippen LogP contribution >= 0.6 is 11.3 Å². The highest BCUT2D eigenvalue weighted by molar-refractivity contribution is 7.89. The van der Waals surface area contributed by atoms with Crippen LogP contribution in [0.3, 0.4) is 0 Å². The standard InChI is InChI=1S/C16H15N3O4S2/c20-15-8-10-6-11(4-5-12(10)17-15)25(22,23)19-18-16(21)14-7-9-2-1-3-13(9)24-14/h4-7,19H,1-3,8H2,(H,17,20)(H,18,21). The number of fused-ring (bicyclic) bond motifs is 2. The summed E-state index contributed by atoms with van der Waals surface area (Å²) in [5.74, 6) is -0.641. The molecule has 1 aromatic carbocycles. The van der Waals surface area contributed by atoms with Crippen molar-refractivity contribution in [2.45, 2.75) is 30.6 Å². The molecule has 3 N–H and O–H groups in total. The first kappa shape index (κ1) is 16.2. The monoisotopic (exact) mass is 377 g/mol. The molecule has 7 nitrogen and oxygen atoms in total. The molecule has 1 aliphatic carbocycles. The van der Waals surface area contributed by atoms with Gasteiger partial charge in [0.15, 0.2) is 0 Å². The van der Waals surface area contributed by atoms with E-state index in [-0.39, 0.29) is 17.2 Å². The zero-order valence-corrected chi connectivity index (χ0v) is 14.7. The van der Waals surface area contributed by atoms with Crippen LogP contribution in [0.4, 0.5) is 5.69 Å². The number of sulfonamides is 1. The first-order valence-corrected chi connectivity index (χ1v) is 10.1. The van der Waals surface area contributed by atoms with E-state index in [0.29, 0.717) is 16.1 Å². The molecular formula is C16H15N3O4S2. The average molecular weight is 377 g/mol. The number of hydrogen-bond donors (Lipinski definition) is 3. The van der Waals surface area contributed by atoms with Gasteiger partial charge < -0.3 is 5.32 Å². The number of rotatable bonds is 4. The molecule has 0 atom stereocenters. The molecule has 4 rings (SSSR count). The number of carbonyl (C=O) groups excluding carboxylic acids is 2. The highest BCUT2D eigenvalue weighted by atomic mass is 32.2. The number of thiophene rings is 1. The van der Waals surface area contributed by atoms with Gasteiger partial charge in [0, 0.05) is 10.6 Å². The average Bonchev–Trinajstić information content (AvgIpc) is 3.24. The Kier molecular flexibility index (Phi) is 3.86. The number of anilines is 1. The highest BCUT2D eigenvalue weighted by Crippen LogP contribution is 2.30. The van der Waals surface area contributed by atoms with Crippen molar-refractivity contribution in [1.82, 2.24) is 10.3 Å². The van der Waals surface area contributed by atoms with E-state index >= 15 is 0 Å². The van der Waals surface area contributed by atoms with Crippen molar-refractivity contribution in [3.05, 3.63) is 45.1 Å². The van der Waals surface area contributed by atoms with Crippen LogP contribution in [0.15, 0.2) is 29.2 Å². The van der Waals surface area contributed by atoms with Gasteiger partial charge in [0.25, 0.3) is 15.9 Å². The van der Waals surface area contributed by atoms with E-state index in [1.54, 1.807) is 6.07 Å². The first-order valence-electron chi connectivity index (χ1n) is 7.79. The molecule has 0 saturated heterocycles. The quantitative estimate of drug-likeness (QED) is 0.700. The number of aryl methyl sites for hydroxylation is 2. The van der Waals surface area contributed by atoms with Gasteiger partial charge in [0.05, 0.1) is 16.2 Å². The molecule has 0 unspecified atom stereocenters. The predicted octanol–water partition coefficient (Wildman–Crippen LogP) is 1.35. The third-order valence-corrected chi connectivity index (χ3v) is 6.76. The predicted molar refractivity (Wildman–Crippen MR) is 92.9 cm³/mol. The second-order valence-corrected chi connectivity index (χ2v) is 8.84. The fraction of sp³-hybridized carbons (Fsp3) is 0.250. The minimum atomic E-state index is -3.91. The number of benzene rings is 1. The van der Waals surface area contributed by atoms with Crippen molar-refractivity contribution in [3.63, 3.8) is 0 Å². The fourth-order valence-corrected chi connectivity index (χ4v) is 5.09. The van der Waals surface area contributed by atoms with Crippen LogP contribution in [0.2, 0.25) is 0 Å². The molecular weight excluding hydrogens is 362 g/mol. The number of nitrogens with one attached hydrogen (secondary N) is 3. The molecule has 0 bridgehead atoms. The number of carbonyl (C=O) groups is 2. The van der Waals surface area contributed by atoms with Crippen LogP contribution in [-0.2, 0) is 34.1 Å². The number of amides is 2.